The molecular formula is C14H20N2O4S. The average molecular weight is 312 g/mol. The third-order valence-electron chi connectivity index (χ3n) is 2.64. The van der Waals surface area contributed by atoms with Crippen molar-refractivity contribution >= 4 is 35.0 Å². The van der Waals surface area contributed by atoms with Gasteiger partial charge in [0.2, 0.25) is 5.91 Å². The van der Waals surface area contributed by atoms with Gasteiger partial charge in [-0.15, -0.1) is 0 Å². The van der Waals surface area contributed by atoms with Crippen LogP contribution in [0.15, 0.2) is 18.2 Å². The Morgan fingerprint density at radius 1 is 1.33 bits per heavy atom. The number of thioether (sulfide) groups is 1. The van der Waals surface area contributed by atoms with Crippen LogP contribution in [0.3, 0.4) is 0 Å². The number of hydrogen-bond acceptors (Lipinski definition) is 6. The maximum atomic E-state index is 11.8. The molecule has 0 saturated heterocycles. The number of hydrogen-bond donors (Lipinski definition) is 2. The van der Waals surface area contributed by atoms with Gasteiger partial charge in [-0.3, -0.25) is 9.59 Å². The topological polar surface area (TPSA) is 90.7 Å². The minimum absolute atomic E-state index is 0.100. The number of methoxy groups -OCH3 is 2. The molecule has 0 bridgehead atoms. The summed E-state index contributed by atoms with van der Waals surface area (Å²) >= 11 is 1.45. The second kappa shape index (κ2) is 9.12. The summed E-state index contributed by atoms with van der Waals surface area (Å²) in [6.07, 6.45) is 1.06. The number of anilines is 2. The van der Waals surface area contributed by atoms with Gasteiger partial charge in [0.1, 0.15) is 5.75 Å². The van der Waals surface area contributed by atoms with Gasteiger partial charge in [-0.25, -0.2) is 0 Å². The molecule has 6 nitrogen and oxygen atoms in total. The number of esters is 1. The Morgan fingerprint density at radius 2 is 2.10 bits per heavy atom. The lowest BCUT2D eigenvalue weighted by Gasteiger charge is -2.10. The van der Waals surface area contributed by atoms with Crippen molar-refractivity contribution in [3.05, 3.63) is 18.2 Å². The molecule has 0 unspecified atom stereocenters. The van der Waals surface area contributed by atoms with E-state index in [1.807, 2.05) is 0 Å². The number of ether oxygens (including phenoxy) is 2. The molecule has 1 aromatic rings. The zero-order valence-corrected chi connectivity index (χ0v) is 13.0. The number of carbonyl (C=O) groups excluding carboxylic acids is 2. The van der Waals surface area contributed by atoms with Crippen molar-refractivity contribution in [1.82, 2.24) is 0 Å². The first-order valence-corrected chi connectivity index (χ1v) is 7.60. The largest absolute Gasteiger partial charge is 0.494 e. The molecule has 0 aromatic heterocycles. The van der Waals surface area contributed by atoms with Crippen LogP contribution in [0.1, 0.15) is 12.8 Å². The van der Waals surface area contributed by atoms with E-state index in [-0.39, 0.29) is 11.9 Å². The number of amides is 1. The normalized spacial score (nSPS) is 10.0. The fourth-order valence-electron chi connectivity index (χ4n) is 1.57. The molecule has 0 aliphatic rings. The number of benzene rings is 1. The van der Waals surface area contributed by atoms with Crippen molar-refractivity contribution in [1.29, 1.82) is 0 Å². The van der Waals surface area contributed by atoms with Crippen LogP contribution in [0.5, 0.6) is 5.75 Å². The zero-order valence-electron chi connectivity index (χ0n) is 12.2. The Labute approximate surface area is 128 Å². The van der Waals surface area contributed by atoms with Crippen molar-refractivity contribution in [2.24, 2.45) is 0 Å². The molecule has 0 atom stereocenters. The molecular weight excluding hydrogens is 292 g/mol. The van der Waals surface area contributed by atoms with Gasteiger partial charge in [-0.1, -0.05) is 0 Å². The minimum atomic E-state index is -0.254. The van der Waals surface area contributed by atoms with Crippen LogP contribution in [-0.4, -0.2) is 37.6 Å². The molecule has 21 heavy (non-hydrogen) atoms. The minimum Gasteiger partial charge on any atom is -0.494 e. The van der Waals surface area contributed by atoms with E-state index in [1.165, 1.54) is 26.0 Å². The van der Waals surface area contributed by atoms with E-state index < -0.39 is 0 Å². The molecule has 1 rings (SSSR count). The summed E-state index contributed by atoms with van der Waals surface area (Å²) in [5, 5.41) is 2.78. The summed E-state index contributed by atoms with van der Waals surface area (Å²) in [6.45, 7) is 0. The second-order valence-electron chi connectivity index (χ2n) is 4.24. The van der Waals surface area contributed by atoms with Gasteiger partial charge in [0, 0.05) is 18.2 Å². The quantitative estimate of drug-likeness (QED) is 0.433. The molecule has 0 fully saturated rings. The monoisotopic (exact) mass is 312 g/mol. The number of nitrogens with two attached hydrogens (primary N) is 1. The molecule has 7 heteroatoms. The van der Waals surface area contributed by atoms with Crippen LogP contribution in [0.2, 0.25) is 0 Å². The first-order valence-electron chi connectivity index (χ1n) is 6.44. The van der Waals surface area contributed by atoms with E-state index in [1.54, 1.807) is 18.2 Å². The Hall–Kier alpha value is -1.89. The van der Waals surface area contributed by atoms with Crippen LogP contribution in [0.4, 0.5) is 11.4 Å². The highest BCUT2D eigenvalue weighted by Crippen LogP contribution is 2.26. The van der Waals surface area contributed by atoms with Crippen LogP contribution >= 0.6 is 11.8 Å². The molecule has 1 aromatic carbocycles. The Morgan fingerprint density at radius 3 is 2.76 bits per heavy atom. The van der Waals surface area contributed by atoms with Crippen LogP contribution in [-0.2, 0) is 14.3 Å². The lowest BCUT2D eigenvalue weighted by Crippen LogP contribution is -2.12. The molecule has 1 amide bonds. The number of carbonyl (C=O) groups is 2. The van der Waals surface area contributed by atoms with Gasteiger partial charge in [0.25, 0.3) is 0 Å². The maximum Gasteiger partial charge on any atom is 0.315 e. The van der Waals surface area contributed by atoms with E-state index in [0.29, 0.717) is 35.7 Å². The summed E-state index contributed by atoms with van der Waals surface area (Å²) in [5.74, 6) is 1.21. The number of nitrogen functional groups attached to an aromatic ring is 1. The lowest BCUT2D eigenvalue weighted by atomic mass is 10.2. The summed E-state index contributed by atoms with van der Waals surface area (Å²) in [6, 6.07) is 5.06. The summed E-state index contributed by atoms with van der Waals surface area (Å²) in [4.78, 5) is 22.7. The number of rotatable bonds is 8. The summed E-state index contributed by atoms with van der Waals surface area (Å²) in [5.41, 5.74) is 6.82. The smallest absolute Gasteiger partial charge is 0.315 e. The van der Waals surface area contributed by atoms with Gasteiger partial charge >= 0.3 is 5.97 Å². The highest BCUT2D eigenvalue weighted by atomic mass is 32.2. The van der Waals surface area contributed by atoms with E-state index >= 15 is 0 Å². The van der Waals surface area contributed by atoms with Gasteiger partial charge in [-0.2, -0.15) is 11.8 Å². The molecule has 0 aliphatic heterocycles. The van der Waals surface area contributed by atoms with Gasteiger partial charge in [-0.05, 0) is 24.3 Å². The zero-order chi connectivity index (χ0) is 15.7. The molecule has 0 radical (unpaired) electrons. The van der Waals surface area contributed by atoms with Gasteiger partial charge < -0.3 is 20.5 Å². The van der Waals surface area contributed by atoms with E-state index in [9.17, 15) is 9.59 Å². The first-order chi connectivity index (χ1) is 10.1. The SMILES string of the molecule is COC(=O)CSCCCC(=O)Nc1ccc(N)cc1OC. The average Bonchev–Trinajstić information content (AvgIpc) is 2.48. The molecule has 3 N–H and O–H groups in total. The van der Waals surface area contributed by atoms with Crippen molar-refractivity contribution in [2.45, 2.75) is 12.8 Å². The molecule has 0 saturated carbocycles. The van der Waals surface area contributed by atoms with E-state index in [0.717, 1.165) is 5.75 Å². The Balaban J connectivity index is 2.32. The fraction of sp³-hybridized carbons (Fsp3) is 0.429. The summed E-state index contributed by atoms with van der Waals surface area (Å²) < 4.78 is 9.69. The van der Waals surface area contributed by atoms with Crippen molar-refractivity contribution in [3.63, 3.8) is 0 Å². The Kier molecular flexibility index (Phi) is 7.45. The molecule has 0 heterocycles. The predicted octanol–water partition coefficient (Wildman–Crippen LogP) is 1.90. The Bertz CT molecular complexity index is 494. The van der Waals surface area contributed by atoms with E-state index in [2.05, 4.69) is 10.1 Å². The second-order valence-corrected chi connectivity index (χ2v) is 5.35. The van der Waals surface area contributed by atoms with Crippen molar-refractivity contribution in [3.8, 4) is 5.75 Å². The van der Waals surface area contributed by atoms with Crippen LogP contribution in [0.25, 0.3) is 0 Å². The third kappa shape index (κ3) is 6.40. The van der Waals surface area contributed by atoms with E-state index in [4.69, 9.17) is 10.5 Å². The van der Waals surface area contributed by atoms with Gasteiger partial charge in [0.05, 0.1) is 25.7 Å². The van der Waals surface area contributed by atoms with Crippen molar-refractivity contribution in [2.75, 3.05) is 36.8 Å². The highest BCUT2D eigenvalue weighted by molar-refractivity contribution is 7.99. The lowest BCUT2D eigenvalue weighted by molar-refractivity contribution is -0.137. The van der Waals surface area contributed by atoms with Crippen molar-refractivity contribution < 1.29 is 19.1 Å². The first kappa shape index (κ1) is 17.2. The fourth-order valence-corrected chi connectivity index (χ4v) is 2.35. The van der Waals surface area contributed by atoms with Gasteiger partial charge in [0.15, 0.2) is 0 Å². The summed E-state index contributed by atoms with van der Waals surface area (Å²) in [7, 11) is 2.88. The highest BCUT2D eigenvalue weighted by Gasteiger charge is 2.08. The predicted molar refractivity (Wildman–Crippen MR) is 84.6 cm³/mol. The molecule has 0 aliphatic carbocycles. The van der Waals surface area contributed by atoms with Crippen LogP contribution < -0.4 is 15.8 Å². The maximum absolute atomic E-state index is 11.8. The van der Waals surface area contributed by atoms with Crippen LogP contribution in [0, 0.1) is 0 Å². The molecule has 116 valence electrons. The third-order valence-corrected chi connectivity index (χ3v) is 3.66. The molecule has 0 spiro atoms. The number of nitrogens with one attached hydrogen (secondary N) is 1. The standard InChI is InChI=1S/C14H20N2O4S/c1-19-12-8-10(15)5-6-11(12)16-13(17)4-3-7-21-9-14(18)20-2/h5-6,8H,3-4,7,9,15H2,1-2H3,(H,16,17).